The number of likely N-dealkylation sites (tertiary alicyclic amines) is 1. The average molecular weight is 266 g/mol. The number of fused-ring (bicyclic) bond motifs is 1. The van der Waals surface area contributed by atoms with E-state index in [1.807, 2.05) is 0 Å². The number of nitrogens with one attached hydrogen (secondary N) is 1. The fourth-order valence-electron chi connectivity index (χ4n) is 4.60. The maximum atomic E-state index is 5.98. The molecule has 0 aromatic carbocycles. The van der Waals surface area contributed by atoms with Crippen LogP contribution in [0, 0.1) is 17.3 Å². The molecule has 3 aliphatic rings. The van der Waals surface area contributed by atoms with Gasteiger partial charge in [-0.2, -0.15) is 0 Å². The highest BCUT2D eigenvalue weighted by Gasteiger charge is 2.57. The Morgan fingerprint density at radius 1 is 1.32 bits per heavy atom. The van der Waals surface area contributed by atoms with E-state index in [2.05, 4.69) is 31.0 Å². The van der Waals surface area contributed by atoms with Crippen molar-refractivity contribution in [3.63, 3.8) is 0 Å². The summed E-state index contributed by atoms with van der Waals surface area (Å²) in [5.41, 5.74) is 0.328. The first-order chi connectivity index (χ1) is 9.13. The van der Waals surface area contributed by atoms with Gasteiger partial charge in [-0.05, 0) is 44.8 Å². The third-order valence-corrected chi connectivity index (χ3v) is 5.77. The molecule has 2 heterocycles. The lowest BCUT2D eigenvalue weighted by Crippen LogP contribution is -2.69. The van der Waals surface area contributed by atoms with E-state index in [9.17, 15) is 0 Å². The summed E-state index contributed by atoms with van der Waals surface area (Å²) in [6.07, 6.45) is 4.49. The Labute approximate surface area is 118 Å². The summed E-state index contributed by atoms with van der Waals surface area (Å²) in [5.74, 6) is 1.63. The van der Waals surface area contributed by atoms with Crippen LogP contribution >= 0.6 is 0 Å². The summed E-state index contributed by atoms with van der Waals surface area (Å²) in [7, 11) is 0. The van der Waals surface area contributed by atoms with Crippen molar-refractivity contribution in [1.82, 2.24) is 10.2 Å². The molecule has 3 rings (SSSR count). The van der Waals surface area contributed by atoms with Crippen LogP contribution in [0.25, 0.3) is 0 Å². The maximum absolute atomic E-state index is 5.98. The van der Waals surface area contributed by atoms with Gasteiger partial charge in [-0.3, -0.25) is 0 Å². The zero-order chi connectivity index (χ0) is 13.5. The predicted octanol–water partition coefficient (Wildman–Crippen LogP) is 2.12. The van der Waals surface area contributed by atoms with Crippen molar-refractivity contribution in [2.24, 2.45) is 17.3 Å². The lowest BCUT2D eigenvalue weighted by Gasteiger charge is -2.60. The minimum Gasteiger partial charge on any atom is -0.377 e. The molecular formula is C16H30N2O. The van der Waals surface area contributed by atoms with E-state index in [0.29, 0.717) is 17.6 Å². The molecule has 1 saturated carbocycles. The maximum Gasteiger partial charge on any atom is 0.0684 e. The summed E-state index contributed by atoms with van der Waals surface area (Å²) >= 11 is 0. The SMILES string of the molecule is CCN1CCC(CNC2C3CCCOC3C2(C)C)C1. The van der Waals surface area contributed by atoms with Gasteiger partial charge < -0.3 is 15.0 Å². The van der Waals surface area contributed by atoms with E-state index in [-0.39, 0.29) is 0 Å². The second kappa shape index (κ2) is 5.34. The molecule has 3 heteroatoms. The highest BCUT2D eigenvalue weighted by Crippen LogP contribution is 2.51. The molecule has 1 N–H and O–H groups in total. The number of hydrogen-bond donors (Lipinski definition) is 1. The van der Waals surface area contributed by atoms with Gasteiger partial charge in [0.15, 0.2) is 0 Å². The highest BCUT2D eigenvalue weighted by atomic mass is 16.5. The van der Waals surface area contributed by atoms with E-state index in [4.69, 9.17) is 4.74 Å². The van der Waals surface area contributed by atoms with E-state index >= 15 is 0 Å². The lowest BCUT2D eigenvalue weighted by molar-refractivity contribution is -0.192. The van der Waals surface area contributed by atoms with E-state index in [0.717, 1.165) is 18.4 Å². The molecule has 0 amide bonds. The number of hydrogen-bond acceptors (Lipinski definition) is 3. The van der Waals surface area contributed by atoms with Gasteiger partial charge in [0.2, 0.25) is 0 Å². The molecule has 4 atom stereocenters. The molecule has 0 aromatic rings. The summed E-state index contributed by atoms with van der Waals surface area (Å²) in [6.45, 7) is 13.0. The molecule has 4 unspecified atom stereocenters. The Kier molecular flexibility index (Phi) is 3.89. The van der Waals surface area contributed by atoms with E-state index in [1.54, 1.807) is 0 Å². The molecule has 0 bridgehead atoms. The predicted molar refractivity (Wildman–Crippen MR) is 78.3 cm³/mol. The normalized spacial score (nSPS) is 41.8. The van der Waals surface area contributed by atoms with Gasteiger partial charge in [0.1, 0.15) is 0 Å². The van der Waals surface area contributed by atoms with Crippen molar-refractivity contribution >= 4 is 0 Å². The van der Waals surface area contributed by atoms with Crippen molar-refractivity contribution < 1.29 is 4.74 Å². The van der Waals surface area contributed by atoms with Gasteiger partial charge in [-0.15, -0.1) is 0 Å². The topological polar surface area (TPSA) is 24.5 Å². The van der Waals surface area contributed by atoms with Gasteiger partial charge >= 0.3 is 0 Å². The first-order valence-corrected chi connectivity index (χ1v) is 8.20. The highest BCUT2D eigenvalue weighted by molar-refractivity contribution is 5.10. The Balaban J connectivity index is 1.50. The van der Waals surface area contributed by atoms with Crippen LogP contribution in [0.4, 0.5) is 0 Å². The molecular weight excluding hydrogens is 236 g/mol. The fourth-order valence-corrected chi connectivity index (χ4v) is 4.60. The molecule has 0 radical (unpaired) electrons. The smallest absolute Gasteiger partial charge is 0.0684 e. The van der Waals surface area contributed by atoms with Gasteiger partial charge in [0.25, 0.3) is 0 Å². The van der Waals surface area contributed by atoms with Gasteiger partial charge in [0, 0.05) is 30.5 Å². The second-order valence-electron chi connectivity index (χ2n) is 7.35. The number of ether oxygens (including phenoxy) is 1. The van der Waals surface area contributed by atoms with E-state index < -0.39 is 0 Å². The molecule has 0 spiro atoms. The quantitative estimate of drug-likeness (QED) is 0.843. The third kappa shape index (κ3) is 2.45. The van der Waals surface area contributed by atoms with Crippen LogP contribution in [-0.4, -0.2) is 49.8 Å². The largest absolute Gasteiger partial charge is 0.377 e. The Hall–Kier alpha value is -0.120. The van der Waals surface area contributed by atoms with Crippen LogP contribution in [-0.2, 0) is 4.74 Å². The standard InChI is InChI=1S/C16H30N2O/c1-4-18-8-7-12(11-18)10-17-14-13-6-5-9-19-15(13)16(14,2)3/h12-15,17H,4-11H2,1-3H3. The Bertz CT molecular complexity index is 318. The Morgan fingerprint density at radius 3 is 2.89 bits per heavy atom. The monoisotopic (exact) mass is 266 g/mol. The average Bonchev–Trinajstić information content (AvgIpc) is 2.87. The number of rotatable bonds is 4. The van der Waals surface area contributed by atoms with Crippen LogP contribution in [0.5, 0.6) is 0 Å². The summed E-state index contributed by atoms with van der Waals surface area (Å²) in [6, 6.07) is 0.675. The summed E-state index contributed by atoms with van der Waals surface area (Å²) < 4.78 is 5.98. The van der Waals surface area contributed by atoms with E-state index in [1.165, 1.54) is 45.4 Å². The van der Waals surface area contributed by atoms with Gasteiger partial charge in [0.05, 0.1) is 6.10 Å². The molecule has 19 heavy (non-hydrogen) atoms. The van der Waals surface area contributed by atoms with Crippen molar-refractivity contribution in [3.8, 4) is 0 Å². The minimum atomic E-state index is 0.328. The molecule has 0 aromatic heterocycles. The molecule has 3 fully saturated rings. The van der Waals surface area contributed by atoms with Gasteiger partial charge in [-0.1, -0.05) is 20.8 Å². The fraction of sp³-hybridized carbons (Fsp3) is 1.00. The summed E-state index contributed by atoms with van der Waals surface area (Å²) in [5, 5.41) is 3.89. The van der Waals surface area contributed by atoms with Crippen LogP contribution in [0.2, 0.25) is 0 Å². The van der Waals surface area contributed by atoms with Gasteiger partial charge in [-0.25, -0.2) is 0 Å². The first-order valence-electron chi connectivity index (χ1n) is 8.20. The minimum absolute atomic E-state index is 0.328. The van der Waals surface area contributed by atoms with Crippen molar-refractivity contribution in [3.05, 3.63) is 0 Å². The van der Waals surface area contributed by atoms with Crippen LogP contribution in [0.3, 0.4) is 0 Å². The van der Waals surface area contributed by atoms with Crippen molar-refractivity contribution in [2.75, 3.05) is 32.8 Å². The molecule has 3 nitrogen and oxygen atoms in total. The van der Waals surface area contributed by atoms with Crippen molar-refractivity contribution in [2.45, 2.75) is 52.2 Å². The van der Waals surface area contributed by atoms with Crippen LogP contribution in [0.1, 0.15) is 40.0 Å². The zero-order valence-corrected chi connectivity index (χ0v) is 12.8. The lowest BCUT2D eigenvalue weighted by atomic mass is 9.55. The van der Waals surface area contributed by atoms with Crippen LogP contribution in [0.15, 0.2) is 0 Å². The molecule has 1 aliphatic carbocycles. The van der Waals surface area contributed by atoms with Crippen LogP contribution < -0.4 is 5.32 Å². The first kappa shape index (κ1) is 13.8. The Morgan fingerprint density at radius 2 is 2.16 bits per heavy atom. The third-order valence-electron chi connectivity index (χ3n) is 5.77. The molecule has 110 valence electrons. The molecule has 2 saturated heterocycles. The zero-order valence-electron chi connectivity index (χ0n) is 12.8. The second-order valence-corrected chi connectivity index (χ2v) is 7.35. The van der Waals surface area contributed by atoms with Crippen molar-refractivity contribution in [1.29, 1.82) is 0 Å². The molecule has 2 aliphatic heterocycles. The number of nitrogens with zero attached hydrogens (tertiary/aromatic N) is 1. The summed E-state index contributed by atoms with van der Waals surface area (Å²) in [4.78, 5) is 2.57.